The third-order valence-corrected chi connectivity index (χ3v) is 7.55. The number of carbonyl (C=O) groups excluding carboxylic acids is 2. The number of hydrogen-bond acceptors (Lipinski definition) is 14. The number of aromatic nitrogens is 8. The van der Waals surface area contributed by atoms with Crippen LogP contribution in [0.15, 0.2) is 42.6 Å². The smallest absolute Gasteiger partial charge is 0.326 e. The van der Waals surface area contributed by atoms with Crippen molar-refractivity contribution in [3.05, 3.63) is 65.0 Å². The van der Waals surface area contributed by atoms with Gasteiger partial charge < -0.3 is 38.3 Å². The monoisotopic (exact) mass is 668 g/mol. The first-order valence-corrected chi connectivity index (χ1v) is 15.2. The first-order valence-electron chi connectivity index (χ1n) is 15.2. The van der Waals surface area contributed by atoms with Crippen molar-refractivity contribution in [2.24, 2.45) is 0 Å². The molecule has 0 aliphatic rings. The molecule has 3 aromatic heterocycles. The third-order valence-electron chi connectivity index (χ3n) is 7.55. The molecule has 2 amide bonds. The lowest BCUT2D eigenvalue weighted by Crippen LogP contribution is -2.41. The zero-order valence-corrected chi connectivity index (χ0v) is 27.0. The van der Waals surface area contributed by atoms with Crippen LogP contribution in [-0.2, 0) is 16.8 Å². The molecular weight excluding hydrogens is 632 g/mol. The van der Waals surface area contributed by atoms with E-state index in [1.165, 1.54) is 12.3 Å². The number of fused-ring (bicyclic) bond motifs is 1. The molecule has 18 nitrogen and oxygen atoms in total. The largest absolute Gasteiger partial charge is 0.480 e. The van der Waals surface area contributed by atoms with Crippen LogP contribution in [0.1, 0.15) is 65.6 Å². The van der Waals surface area contributed by atoms with E-state index >= 15 is 0 Å². The SMILES string of the molecule is CC(C)(C)c1ccc(C(=O)NCCC[C@H](NC(=O)c2ccc(NCc3cnc4nc(N)nc(N)c4n3)cc2N)C(=O)O)c(-c2nn[nH]n2)c1. The van der Waals surface area contributed by atoms with Crippen LogP contribution in [0.4, 0.5) is 23.1 Å². The van der Waals surface area contributed by atoms with E-state index in [1.54, 1.807) is 18.2 Å². The maximum absolute atomic E-state index is 13.1. The highest BCUT2D eigenvalue weighted by Gasteiger charge is 2.23. The second kappa shape index (κ2) is 14.1. The van der Waals surface area contributed by atoms with E-state index in [9.17, 15) is 19.5 Å². The normalized spacial score (nSPS) is 12.0. The highest BCUT2D eigenvalue weighted by atomic mass is 16.4. The minimum absolute atomic E-state index is 0.00136. The minimum atomic E-state index is -1.22. The van der Waals surface area contributed by atoms with Gasteiger partial charge >= 0.3 is 5.97 Å². The quantitative estimate of drug-likeness (QED) is 0.0692. The second-order valence-corrected chi connectivity index (χ2v) is 12.2. The summed E-state index contributed by atoms with van der Waals surface area (Å²) in [6.45, 7) is 6.56. The summed E-state index contributed by atoms with van der Waals surface area (Å²) in [5.41, 5.74) is 21.3. The number of carbonyl (C=O) groups is 3. The molecule has 254 valence electrons. The summed E-state index contributed by atoms with van der Waals surface area (Å²) in [6.07, 6.45) is 1.83. The lowest BCUT2D eigenvalue weighted by Gasteiger charge is -2.20. The molecule has 0 saturated heterocycles. The molecular formula is C31H36N14O4. The van der Waals surface area contributed by atoms with Crippen molar-refractivity contribution >= 4 is 52.1 Å². The van der Waals surface area contributed by atoms with Crippen molar-refractivity contribution in [3.63, 3.8) is 0 Å². The number of rotatable bonds is 12. The molecule has 0 radical (unpaired) electrons. The molecule has 0 aliphatic heterocycles. The van der Waals surface area contributed by atoms with E-state index in [2.05, 4.69) is 77.3 Å². The molecule has 0 unspecified atom stereocenters. The number of nitrogens with zero attached hydrogens (tertiary/aromatic N) is 7. The van der Waals surface area contributed by atoms with E-state index in [4.69, 9.17) is 17.2 Å². The Morgan fingerprint density at radius 2 is 1.76 bits per heavy atom. The molecule has 2 aromatic carbocycles. The summed E-state index contributed by atoms with van der Waals surface area (Å²) in [7, 11) is 0. The number of nitrogens with two attached hydrogens (primary N) is 3. The van der Waals surface area contributed by atoms with Crippen LogP contribution in [0.3, 0.4) is 0 Å². The van der Waals surface area contributed by atoms with Gasteiger partial charge in [0.1, 0.15) is 6.04 Å². The molecule has 0 fully saturated rings. The van der Waals surface area contributed by atoms with Gasteiger partial charge in [-0.3, -0.25) is 9.59 Å². The number of nitrogen functional groups attached to an aromatic ring is 3. The summed E-state index contributed by atoms with van der Waals surface area (Å²) in [5, 5.41) is 32.3. The van der Waals surface area contributed by atoms with Crippen molar-refractivity contribution in [1.82, 2.24) is 51.2 Å². The Labute approximate surface area is 279 Å². The highest BCUT2D eigenvalue weighted by Crippen LogP contribution is 2.29. The van der Waals surface area contributed by atoms with Crippen molar-refractivity contribution in [2.45, 2.75) is 51.6 Å². The molecule has 5 rings (SSSR count). The van der Waals surface area contributed by atoms with Gasteiger partial charge in [-0.1, -0.05) is 26.8 Å². The van der Waals surface area contributed by atoms with Crippen LogP contribution in [0.5, 0.6) is 0 Å². The Bertz CT molecular complexity index is 2010. The van der Waals surface area contributed by atoms with Gasteiger partial charge in [0.2, 0.25) is 11.8 Å². The lowest BCUT2D eigenvalue weighted by molar-refractivity contribution is -0.139. The van der Waals surface area contributed by atoms with Crippen LogP contribution in [0, 0.1) is 0 Å². The lowest BCUT2D eigenvalue weighted by atomic mass is 9.85. The molecule has 0 bridgehead atoms. The van der Waals surface area contributed by atoms with Gasteiger partial charge in [0, 0.05) is 23.5 Å². The Balaban J connectivity index is 1.15. The van der Waals surface area contributed by atoms with Gasteiger partial charge in [-0.2, -0.15) is 15.2 Å². The Morgan fingerprint density at radius 1 is 0.980 bits per heavy atom. The molecule has 18 heteroatoms. The molecule has 0 saturated carbocycles. The fourth-order valence-electron chi connectivity index (χ4n) is 4.91. The standard InChI is InChI=1S/C31H36N14O4/c1-31(2,3)15-6-8-18(20(11-15)25-42-44-45-43-25)27(46)35-10-4-5-22(29(48)49)39-28(47)19-9-7-16(12-21(19)32)36-13-17-14-37-26-23(38-17)24(33)40-30(34)41-26/h6-9,11-12,14,22,36H,4-5,10,13,32H2,1-3H3,(H,35,46)(H,39,47)(H,48,49)(H,42,43,44,45)(H4,33,34,37,40,41)/t22-/m0/s1. The van der Waals surface area contributed by atoms with Crippen molar-refractivity contribution in [2.75, 3.05) is 29.1 Å². The van der Waals surface area contributed by atoms with Crippen LogP contribution < -0.4 is 33.2 Å². The van der Waals surface area contributed by atoms with E-state index in [-0.39, 0.29) is 71.7 Å². The summed E-state index contributed by atoms with van der Waals surface area (Å²) in [6, 6.07) is 8.86. The van der Waals surface area contributed by atoms with Crippen LogP contribution in [0.25, 0.3) is 22.6 Å². The maximum Gasteiger partial charge on any atom is 0.326 e. The topological polar surface area (TPSA) is 292 Å². The molecule has 49 heavy (non-hydrogen) atoms. The number of carboxylic acid groups (broad SMARTS) is 1. The number of nitrogens with one attached hydrogen (secondary N) is 4. The maximum atomic E-state index is 13.1. The van der Waals surface area contributed by atoms with Crippen LogP contribution in [-0.4, -0.2) is 76.0 Å². The molecule has 11 N–H and O–H groups in total. The fourth-order valence-corrected chi connectivity index (χ4v) is 4.91. The number of amides is 2. The Kier molecular flexibility index (Phi) is 9.76. The predicted octanol–water partition coefficient (Wildman–Crippen LogP) is 1.65. The number of tetrazole rings is 1. The first-order chi connectivity index (χ1) is 23.3. The minimum Gasteiger partial charge on any atom is -0.480 e. The summed E-state index contributed by atoms with van der Waals surface area (Å²) in [5.74, 6) is -1.87. The summed E-state index contributed by atoms with van der Waals surface area (Å²) in [4.78, 5) is 54.6. The van der Waals surface area contributed by atoms with Gasteiger partial charge in [-0.05, 0) is 59.4 Å². The van der Waals surface area contributed by atoms with E-state index in [0.717, 1.165) is 5.56 Å². The van der Waals surface area contributed by atoms with E-state index in [1.807, 2.05) is 12.1 Å². The van der Waals surface area contributed by atoms with Crippen LogP contribution >= 0.6 is 0 Å². The van der Waals surface area contributed by atoms with Gasteiger partial charge in [-0.25, -0.2) is 14.8 Å². The average molecular weight is 669 g/mol. The third kappa shape index (κ3) is 8.10. The number of aromatic amines is 1. The molecule has 0 spiro atoms. The zero-order chi connectivity index (χ0) is 35.3. The van der Waals surface area contributed by atoms with Gasteiger partial charge in [0.05, 0.1) is 29.6 Å². The van der Waals surface area contributed by atoms with Gasteiger partial charge in [-0.15, -0.1) is 10.2 Å². The highest BCUT2D eigenvalue weighted by molar-refractivity contribution is 6.01. The number of hydrogen-bond donors (Lipinski definition) is 8. The number of H-pyrrole nitrogens is 1. The summed E-state index contributed by atoms with van der Waals surface area (Å²) >= 11 is 0. The van der Waals surface area contributed by atoms with Crippen molar-refractivity contribution in [1.29, 1.82) is 0 Å². The van der Waals surface area contributed by atoms with E-state index < -0.39 is 17.9 Å². The predicted molar refractivity (Wildman–Crippen MR) is 181 cm³/mol. The number of benzene rings is 2. The Hall–Kier alpha value is -6.46. The average Bonchev–Trinajstić information content (AvgIpc) is 3.59. The molecule has 1 atom stereocenters. The zero-order valence-electron chi connectivity index (χ0n) is 27.0. The van der Waals surface area contributed by atoms with Crippen molar-refractivity contribution < 1.29 is 19.5 Å². The van der Waals surface area contributed by atoms with E-state index in [0.29, 0.717) is 28.0 Å². The molecule has 3 heterocycles. The van der Waals surface area contributed by atoms with Crippen LogP contribution in [0.2, 0.25) is 0 Å². The summed E-state index contributed by atoms with van der Waals surface area (Å²) < 4.78 is 0. The fraction of sp³-hybridized carbons (Fsp3) is 0.290. The molecule has 5 aromatic rings. The van der Waals surface area contributed by atoms with Crippen molar-refractivity contribution in [3.8, 4) is 11.4 Å². The molecule has 0 aliphatic carbocycles. The van der Waals surface area contributed by atoms with Gasteiger partial charge in [0.15, 0.2) is 17.0 Å². The number of anilines is 4. The Morgan fingerprint density at radius 3 is 2.45 bits per heavy atom. The number of carboxylic acids is 1. The van der Waals surface area contributed by atoms with Gasteiger partial charge in [0.25, 0.3) is 11.8 Å². The number of aliphatic carboxylic acids is 1. The first kappa shape index (κ1) is 33.9. The second-order valence-electron chi connectivity index (χ2n) is 12.2.